The van der Waals surface area contributed by atoms with Crippen LogP contribution in [-0.2, 0) is 9.53 Å². The number of rotatable bonds is 5. The second kappa shape index (κ2) is 6.48. The average molecular weight is 296 g/mol. The van der Waals surface area contributed by atoms with Gasteiger partial charge in [0.25, 0.3) is 0 Å². The number of carbonyl (C=O) groups is 1. The number of nitrogens with one attached hydrogen (secondary N) is 1. The lowest BCUT2D eigenvalue weighted by molar-refractivity contribution is -0.117. The van der Waals surface area contributed by atoms with Crippen molar-refractivity contribution in [2.75, 3.05) is 18.5 Å². The van der Waals surface area contributed by atoms with Gasteiger partial charge in [-0.1, -0.05) is 17.5 Å². The van der Waals surface area contributed by atoms with Gasteiger partial charge < -0.3 is 10.1 Å². The topological polar surface area (TPSA) is 64.1 Å². The number of fused-ring (bicyclic) bond motifs is 1. The minimum atomic E-state index is -0.209. The number of hydrogen-bond acceptors (Lipinski definition) is 5. The van der Waals surface area contributed by atoms with Crippen LogP contribution in [0.25, 0.3) is 11.0 Å². The summed E-state index contributed by atoms with van der Waals surface area (Å²) in [6, 6.07) is 3.43. The molecule has 1 aromatic carbocycles. The van der Waals surface area contributed by atoms with Gasteiger partial charge >= 0.3 is 0 Å². The Labute approximate surface area is 119 Å². The van der Waals surface area contributed by atoms with Gasteiger partial charge in [-0.25, -0.2) is 0 Å². The van der Waals surface area contributed by atoms with Gasteiger partial charge in [0.1, 0.15) is 17.6 Å². The van der Waals surface area contributed by atoms with Crippen molar-refractivity contribution < 1.29 is 9.53 Å². The number of nitrogens with zero attached hydrogens (tertiary/aromatic N) is 2. The second-order valence-corrected chi connectivity index (χ2v) is 4.54. The van der Waals surface area contributed by atoms with E-state index >= 15 is 0 Å². The lowest BCUT2D eigenvalue weighted by Crippen LogP contribution is -2.14. The maximum Gasteiger partial charge on any atom is 0.226 e. The van der Waals surface area contributed by atoms with Gasteiger partial charge in [-0.05, 0) is 12.1 Å². The Morgan fingerprint density at radius 2 is 2.37 bits per heavy atom. The number of ether oxygens (including phenoxy) is 1. The van der Waals surface area contributed by atoms with Crippen LogP contribution in [0.4, 0.5) is 5.69 Å². The highest BCUT2D eigenvalue weighted by atomic mass is 35.5. The maximum absolute atomic E-state index is 11.7. The van der Waals surface area contributed by atoms with Crippen LogP contribution in [0.1, 0.15) is 6.42 Å². The zero-order valence-corrected chi connectivity index (χ0v) is 11.4. The fourth-order valence-corrected chi connectivity index (χ4v) is 2.19. The van der Waals surface area contributed by atoms with Gasteiger partial charge in [-0.3, -0.25) is 4.79 Å². The van der Waals surface area contributed by atoms with E-state index in [0.29, 0.717) is 21.7 Å². The fourth-order valence-electron chi connectivity index (χ4n) is 1.44. The molecular formula is C12H10ClN3O2S. The predicted molar refractivity (Wildman–Crippen MR) is 75.3 cm³/mol. The maximum atomic E-state index is 11.7. The molecule has 0 spiro atoms. The van der Waals surface area contributed by atoms with Crippen molar-refractivity contribution in [3.63, 3.8) is 0 Å². The van der Waals surface area contributed by atoms with Crippen LogP contribution in [0.15, 0.2) is 12.1 Å². The highest BCUT2D eigenvalue weighted by molar-refractivity contribution is 7.00. The zero-order chi connectivity index (χ0) is 13.7. The predicted octanol–water partition coefficient (Wildman–Crippen LogP) is 2.32. The summed E-state index contributed by atoms with van der Waals surface area (Å²) in [5.74, 6) is 2.12. The van der Waals surface area contributed by atoms with Crippen molar-refractivity contribution in [1.82, 2.24) is 8.75 Å². The van der Waals surface area contributed by atoms with Crippen LogP contribution < -0.4 is 5.32 Å². The first-order valence-electron chi connectivity index (χ1n) is 5.44. The summed E-state index contributed by atoms with van der Waals surface area (Å²) in [6.45, 7) is 0.457. The molecule has 1 aromatic heterocycles. The van der Waals surface area contributed by atoms with E-state index in [0.717, 1.165) is 11.7 Å². The van der Waals surface area contributed by atoms with Crippen molar-refractivity contribution in [3.8, 4) is 12.3 Å². The summed E-state index contributed by atoms with van der Waals surface area (Å²) >= 11 is 7.12. The van der Waals surface area contributed by atoms with Gasteiger partial charge in [0.15, 0.2) is 0 Å². The Hall–Kier alpha value is -1.68. The molecule has 5 nitrogen and oxygen atoms in total. The molecule has 0 aliphatic rings. The average Bonchev–Trinajstić information content (AvgIpc) is 2.87. The molecule has 0 aliphatic carbocycles. The number of carbonyl (C=O) groups excluding carboxylic acids is 1. The first-order chi connectivity index (χ1) is 9.22. The Kier molecular flexibility index (Phi) is 4.68. The number of aromatic nitrogens is 2. The largest absolute Gasteiger partial charge is 0.368 e. The third-order valence-corrected chi connectivity index (χ3v) is 3.16. The SMILES string of the molecule is C#CCOCCC(=O)Nc1c(Cl)ccc2nsnc12. The number of halogens is 1. The van der Waals surface area contributed by atoms with E-state index in [1.54, 1.807) is 12.1 Å². The highest BCUT2D eigenvalue weighted by Crippen LogP contribution is 2.29. The molecule has 2 rings (SSSR count). The van der Waals surface area contributed by atoms with Crippen LogP contribution >= 0.6 is 23.3 Å². The molecule has 7 heteroatoms. The molecule has 0 unspecified atom stereocenters. The molecule has 1 heterocycles. The molecule has 0 aliphatic heterocycles. The van der Waals surface area contributed by atoms with E-state index in [1.807, 2.05) is 0 Å². The first kappa shape index (κ1) is 13.7. The summed E-state index contributed by atoms with van der Waals surface area (Å²) in [7, 11) is 0. The van der Waals surface area contributed by atoms with Crippen LogP contribution in [0, 0.1) is 12.3 Å². The summed E-state index contributed by atoms with van der Waals surface area (Å²) in [5.41, 5.74) is 1.78. The molecule has 0 saturated heterocycles. The molecule has 1 amide bonds. The second-order valence-electron chi connectivity index (χ2n) is 3.61. The highest BCUT2D eigenvalue weighted by Gasteiger charge is 2.12. The van der Waals surface area contributed by atoms with Crippen molar-refractivity contribution in [3.05, 3.63) is 17.2 Å². The molecule has 0 atom stereocenters. The van der Waals surface area contributed by atoms with Crippen LogP contribution in [-0.4, -0.2) is 27.9 Å². The van der Waals surface area contributed by atoms with E-state index in [2.05, 4.69) is 20.0 Å². The van der Waals surface area contributed by atoms with Crippen LogP contribution in [0.2, 0.25) is 5.02 Å². The Balaban J connectivity index is 2.04. The zero-order valence-electron chi connectivity index (χ0n) is 9.85. The molecular weight excluding hydrogens is 286 g/mol. The van der Waals surface area contributed by atoms with Gasteiger partial charge in [0.05, 0.1) is 35.5 Å². The number of anilines is 1. The lowest BCUT2D eigenvalue weighted by Gasteiger charge is -2.07. The third-order valence-electron chi connectivity index (χ3n) is 2.30. The molecule has 0 saturated carbocycles. The van der Waals surface area contributed by atoms with E-state index in [-0.39, 0.29) is 25.5 Å². The summed E-state index contributed by atoms with van der Waals surface area (Å²) in [6.07, 6.45) is 5.23. The Morgan fingerprint density at radius 1 is 1.53 bits per heavy atom. The van der Waals surface area contributed by atoms with Gasteiger partial charge in [0, 0.05) is 0 Å². The molecule has 19 heavy (non-hydrogen) atoms. The normalized spacial score (nSPS) is 10.3. The molecule has 0 radical (unpaired) electrons. The van der Waals surface area contributed by atoms with Crippen molar-refractivity contribution >= 4 is 46.0 Å². The standard InChI is InChI=1S/C12H10ClN3O2S/c1-2-6-18-7-5-10(17)14-11-8(13)3-4-9-12(11)16-19-15-9/h1,3-4H,5-7H2,(H,14,17). The monoisotopic (exact) mass is 295 g/mol. The number of terminal acetylenes is 1. The quantitative estimate of drug-likeness (QED) is 0.679. The molecule has 1 N–H and O–H groups in total. The molecule has 0 fully saturated rings. The number of amides is 1. The molecule has 0 bridgehead atoms. The first-order valence-corrected chi connectivity index (χ1v) is 6.55. The van der Waals surface area contributed by atoms with Gasteiger partial charge in [-0.15, -0.1) is 6.42 Å². The number of hydrogen-bond donors (Lipinski definition) is 1. The van der Waals surface area contributed by atoms with Crippen molar-refractivity contribution in [1.29, 1.82) is 0 Å². The lowest BCUT2D eigenvalue weighted by atomic mass is 10.2. The summed E-state index contributed by atoms with van der Waals surface area (Å²) in [5, 5.41) is 3.15. The van der Waals surface area contributed by atoms with Crippen molar-refractivity contribution in [2.45, 2.75) is 6.42 Å². The Morgan fingerprint density at radius 3 is 3.16 bits per heavy atom. The fraction of sp³-hybridized carbons (Fsp3) is 0.250. The van der Waals surface area contributed by atoms with Crippen molar-refractivity contribution in [2.24, 2.45) is 0 Å². The van der Waals surface area contributed by atoms with E-state index < -0.39 is 0 Å². The molecule has 98 valence electrons. The van der Waals surface area contributed by atoms with Crippen LogP contribution in [0.5, 0.6) is 0 Å². The van der Waals surface area contributed by atoms with E-state index in [4.69, 9.17) is 22.8 Å². The smallest absolute Gasteiger partial charge is 0.226 e. The van der Waals surface area contributed by atoms with Crippen LogP contribution in [0.3, 0.4) is 0 Å². The van der Waals surface area contributed by atoms with E-state index in [1.165, 1.54) is 0 Å². The summed E-state index contributed by atoms with van der Waals surface area (Å²) < 4.78 is 13.2. The third kappa shape index (κ3) is 3.41. The van der Waals surface area contributed by atoms with Gasteiger partial charge in [0.2, 0.25) is 5.91 Å². The van der Waals surface area contributed by atoms with Gasteiger partial charge in [-0.2, -0.15) is 8.75 Å². The minimum absolute atomic E-state index is 0.194. The minimum Gasteiger partial charge on any atom is -0.368 e. The summed E-state index contributed by atoms with van der Waals surface area (Å²) in [4.78, 5) is 11.7. The molecule has 2 aromatic rings. The van der Waals surface area contributed by atoms with E-state index in [9.17, 15) is 4.79 Å². The Bertz CT molecular complexity index is 635. The number of benzene rings is 1.